The number of nitrogens with one attached hydrogen (secondary N) is 1. The van der Waals surface area contributed by atoms with Crippen LogP contribution in [0.4, 0.5) is 11.4 Å². The van der Waals surface area contributed by atoms with Crippen molar-refractivity contribution in [1.29, 1.82) is 0 Å². The van der Waals surface area contributed by atoms with Gasteiger partial charge in [0, 0.05) is 17.7 Å². The number of nitro benzene ring substituents is 1. The fraction of sp³-hybridized carbons (Fsp3) is 0.188. The number of rotatable bonds is 5. The van der Waals surface area contributed by atoms with Crippen molar-refractivity contribution in [2.45, 2.75) is 19.9 Å². The van der Waals surface area contributed by atoms with Gasteiger partial charge >= 0.3 is 0 Å². The largest absolute Gasteiger partial charge is 0.373 e. The fourth-order valence-electron chi connectivity index (χ4n) is 2.08. The molecule has 0 fully saturated rings. The smallest absolute Gasteiger partial charge is 0.293 e. The topological polar surface area (TPSA) is 72.2 Å². The van der Waals surface area contributed by atoms with E-state index in [0.29, 0.717) is 11.3 Å². The first kappa shape index (κ1) is 14.7. The standard InChI is InChI=1S/C16H16N2O3/c1-11(13-6-4-3-5-7-13)17-15-9-8-14(12(2)19)10-16(15)18(20)21/h3-11,17H,1-2H3/t11-/m0/s1. The zero-order valence-corrected chi connectivity index (χ0v) is 11.9. The number of benzene rings is 2. The van der Waals surface area contributed by atoms with Crippen LogP contribution in [0.3, 0.4) is 0 Å². The number of Topliss-reactive ketones (excluding diaryl/α,β-unsaturated/α-hetero) is 1. The van der Waals surface area contributed by atoms with E-state index >= 15 is 0 Å². The molecule has 1 N–H and O–H groups in total. The maximum atomic E-state index is 11.3. The van der Waals surface area contributed by atoms with E-state index in [0.717, 1.165) is 5.56 Å². The van der Waals surface area contributed by atoms with Gasteiger partial charge in [-0.2, -0.15) is 0 Å². The minimum absolute atomic E-state index is 0.0759. The van der Waals surface area contributed by atoms with Gasteiger partial charge in [-0.3, -0.25) is 14.9 Å². The van der Waals surface area contributed by atoms with E-state index in [1.165, 1.54) is 13.0 Å². The Labute approximate surface area is 122 Å². The first-order valence-corrected chi connectivity index (χ1v) is 6.60. The molecule has 0 aromatic heterocycles. The Balaban J connectivity index is 2.31. The second-order valence-electron chi connectivity index (χ2n) is 4.82. The zero-order valence-electron chi connectivity index (χ0n) is 11.9. The van der Waals surface area contributed by atoms with Crippen molar-refractivity contribution in [2.75, 3.05) is 5.32 Å². The van der Waals surface area contributed by atoms with Crippen LogP contribution >= 0.6 is 0 Å². The molecule has 21 heavy (non-hydrogen) atoms. The molecule has 0 heterocycles. The first-order valence-electron chi connectivity index (χ1n) is 6.60. The van der Waals surface area contributed by atoms with Gasteiger partial charge < -0.3 is 5.32 Å². The Morgan fingerprint density at radius 2 is 1.86 bits per heavy atom. The van der Waals surface area contributed by atoms with Gasteiger partial charge in [0.2, 0.25) is 0 Å². The molecule has 0 spiro atoms. The van der Waals surface area contributed by atoms with Crippen molar-refractivity contribution in [3.05, 3.63) is 69.8 Å². The summed E-state index contributed by atoms with van der Waals surface area (Å²) in [7, 11) is 0. The van der Waals surface area contributed by atoms with Crippen molar-refractivity contribution in [1.82, 2.24) is 0 Å². The summed E-state index contributed by atoms with van der Waals surface area (Å²) < 4.78 is 0. The molecule has 2 rings (SSSR count). The third-order valence-corrected chi connectivity index (χ3v) is 3.27. The molecule has 0 saturated carbocycles. The van der Waals surface area contributed by atoms with Crippen LogP contribution in [0.5, 0.6) is 0 Å². The molecule has 0 aliphatic rings. The van der Waals surface area contributed by atoms with E-state index in [1.54, 1.807) is 12.1 Å². The van der Waals surface area contributed by atoms with E-state index in [-0.39, 0.29) is 17.5 Å². The van der Waals surface area contributed by atoms with E-state index in [9.17, 15) is 14.9 Å². The van der Waals surface area contributed by atoms with E-state index < -0.39 is 4.92 Å². The number of anilines is 1. The maximum absolute atomic E-state index is 11.3. The van der Waals surface area contributed by atoms with Crippen molar-refractivity contribution in [3.63, 3.8) is 0 Å². The van der Waals surface area contributed by atoms with Crippen LogP contribution in [0, 0.1) is 10.1 Å². The van der Waals surface area contributed by atoms with E-state index in [4.69, 9.17) is 0 Å². The lowest BCUT2D eigenvalue weighted by Gasteiger charge is -2.16. The number of carbonyl (C=O) groups excluding carboxylic acids is 1. The molecule has 0 radical (unpaired) electrons. The second kappa shape index (κ2) is 6.17. The summed E-state index contributed by atoms with van der Waals surface area (Å²) in [6, 6.07) is 14.1. The first-order chi connectivity index (χ1) is 9.99. The molecular weight excluding hydrogens is 268 g/mol. The molecule has 0 saturated heterocycles. The van der Waals surface area contributed by atoms with Gasteiger partial charge in [0.25, 0.3) is 5.69 Å². The van der Waals surface area contributed by atoms with Crippen molar-refractivity contribution in [2.24, 2.45) is 0 Å². The van der Waals surface area contributed by atoms with Crippen molar-refractivity contribution >= 4 is 17.2 Å². The Morgan fingerprint density at radius 3 is 2.43 bits per heavy atom. The Kier molecular flexibility index (Phi) is 4.33. The fourth-order valence-corrected chi connectivity index (χ4v) is 2.08. The Bertz CT molecular complexity index is 668. The number of carbonyl (C=O) groups is 1. The molecule has 1 atom stereocenters. The van der Waals surface area contributed by atoms with Crippen LogP contribution in [-0.4, -0.2) is 10.7 Å². The molecule has 0 unspecified atom stereocenters. The van der Waals surface area contributed by atoms with Gasteiger partial charge in [0.15, 0.2) is 5.78 Å². The summed E-state index contributed by atoms with van der Waals surface area (Å²) >= 11 is 0. The molecule has 2 aromatic carbocycles. The SMILES string of the molecule is CC(=O)c1ccc(N[C@@H](C)c2ccccc2)c([N+](=O)[O-])c1. The molecule has 0 aliphatic carbocycles. The molecule has 5 nitrogen and oxygen atoms in total. The van der Waals surface area contributed by atoms with E-state index in [2.05, 4.69) is 5.32 Å². The summed E-state index contributed by atoms with van der Waals surface area (Å²) in [5.41, 5.74) is 1.67. The minimum atomic E-state index is -0.480. The van der Waals surface area contributed by atoms with Crippen LogP contribution in [0.25, 0.3) is 0 Å². The molecule has 0 aliphatic heterocycles. The molecular formula is C16H16N2O3. The van der Waals surface area contributed by atoms with Gasteiger partial charge in [-0.1, -0.05) is 30.3 Å². The lowest BCUT2D eigenvalue weighted by molar-refractivity contribution is -0.384. The maximum Gasteiger partial charge on any atom is 0.293 e. The number of hydrogen-bond donors (Lipinski definition) is 1. The number of hydrogen-bond acceptors (Lipinski definition) is 4. The van der Waals surface area contributed by atoms with Gasteiger partial charge in [0.1, 0.15) is 5.69 Å². The molecule has 5 heteroatoms. The highest BCUT2D eigenvalue weighted by Crippen LogP contribution is 2.29. The van der Waals surface area contributed by atoms with Crippen LogP contribution in [0.1, 0.15) is 35.8 Å². The average Bonchev–Trinajstić information content (AvgIpc) is 2.48. The Morgan fingerprint density at radius 1 is 1.19 bits per heavy atom. The van der Waals surface area contributed by atoms with Gasteiger partial charge in [-0.05, 0) is 31.5 Å². The highest BCUT2D eigenvalue weighted by molar-refractivity contribution is 5.95. The predicted octanol–water partition coefficient (Wildman–Crippen LogP) is 3.97. The highest BCUT2D eigenvalue weighted by Gasteiger charge is 2.18. The van der Waals surface area contributed by atoms with Crippen LogP contribution in [0.15, 0.2) is 48.5 Å². The lowest BCUT2D eigenvalue weighted by Crippen LogP contribution is -2.09. The minimum Gasteiger partial charge on any atom is -0.373 e. The summed E-state index contributed by atoms with van der Waals surface area (Å²) in [4.78, 5) is 22.0. The van der Waals surface area contributed by atoms with Gasteiger partial charge in [0.05, 0.1) is 4.92 Å². The molecule has 2 aromatic rings. The number of ketones is 1. The summed E-state index contributed by atoms with van der Waals surface area (Å²) in [5.74, 6) is -0.194. The molecule has 0 bridgehead atoms. The zero-order chi connectivity index (χ0) is 15.4. The predicted molar refractivity (Wildman–Crippen MR) is 81.6 cm³/mol. The Hall–Kier alpha value is -2.69. The van der Waals surface area contributed by atoms with Gasteiger partial charge in [-0.15, -0.1) is 0 Å². The number of nitro groups is 1. The number of nitrogens with zero attached hydrogens (tertiary/aromatic N) is 1. The molecule has 0 amide bonds. The monoisotopic (exact) mass is 284 g/mol. The highest BCUT2D eigenvalue weighted by atomic mass is 16.6. The summed E-state index contributed by atoms with van der Waals surface area (Å²) in [6.07, 6.45) is 0. The lowest BCUT2D eigenvalue weighted by atomic mass is 10.1. The summed E-state index contributed by atoms with van der Waals surface area (Å²) in [5, 5.41) is 14.3. The van der Waals surface area contributed by atoms with Crippen LogP contribution in [0.2, 0.25) is 0 Å². The van der Waals surface area contributed by atoms with Crippen LogP contribution in [-0.2, 0) is 0 Å². The second-order valence-corrected chi connectivity index (χ2v) is 4.82. The summed E-state index contributed by atoms with van der Waals surface area (Å²) in [6.45, 7) is 3.32. The van der Waals surface area contributed by atoms with Crippen molar-refractivity contribution in [3.8, 4) is 0 Å². The average molecular weight is 284 g/mol. The van der Waals surface area contributed by atoms with Crippen LogP contribution < -0.4 is 5.32 Å². The molecule has 108 valence electrons. The van der Waals surface area contributed by atoms with Crippen molar-refractivity contribution < 1.29 is 9.72 Å². The third kappa shape index (κ3) is 3.45. The quantitative estimate of drug-likeness (QED) is 0.512. The van der Waals surface area contributed by atoms with Gasteiger partial charge in [-0.25, -0.2) is 0 Å². The normalized spacial score (nSPS) is 11.7. The third-order valence-electron chi connectivity index (χ3n) is 3.27. The van der Waals surface area contributed by atoms with E-state index in [1.807, 2.05) is 37.3 Å².